The minimum absolute atomic E-state index is 0.0106. The van der Waals surface area contributed by atoms with Crippen LogP contribution in [0.15, 0.2) is 55.0 Å². The van der Waals surface area contributed by atoms with E-state index < -0.39 is 17.1 Å². The fourth-order valence-corrected chi connectivity index (χ4v) is 7.10. The van der Waals surface area contributed by atoms with E-state index in [0.717, 1.165) is 64.7 Å². The molecule has 0 saturated carbocycles. The maximum Gasteiger partial charge on any atom is 0.420 e. The summed E-state index contributed by atoms with van der Waals surface area (Å²) in [5.74, 6) is 0.785. The lowest BCUT2D eigenvalue weighted by Crippen LogP contribution is -2.46. The summed E-state index contributed by atoms with van der Waals surface area (Å²) in [5.41, 5.74) is 6.09. The topological polar surface area (TPSA) is 89.4 Å². The lowest BCUT2D eigenvalue weighted by molar-refractivity contribution is -0.137. The van der Waals surface area contributed by atoms with E-state index in [9.17, 15) is 9.59 Å². The third-order valence-electron chi connectivity index (χ3n) is 9.39. The molecule has 1 amide bonds. The van der Waals surface area contributed by atoms with Crippen LogP contribution in [0.25, 0.3) is 22.3 Å². The molecule has 0 saturated heterocycles. The molecule has 8 nitrogen and oxygen atoms in total. The number of rotatable bonds is 15. The number of hydrogen-bond acceptors (Lipinski definition) is 6. The third-order valence-corrected chi connectivity index (χ3v) is 9.39. The number of nitrogens with one attached hydrogen (secondary N) is 1. The van der Waals surface area contributed by atoms with Crippen LogP contribution in [0.4, 0.5) is 4.79 Å². The number of ether oxygens (including phenoxy) is 1. The summed E-state index contributed by atoms with van der Waals surface area (Å²) in [6.45, 7) is 27.6. The minimum Gasteiger partial charge on any atom is -0.443 e. The molecule has 0 radical (unpaired) electrons. The van der Waals surface area contributed by atoms with Crippen molar-refractivity contribution in [1.29, 1.82) is 0 Å². The molecular formula is C44H63N5O3. The van der Waals surface area contributed by atoms with Gasteiger partial charge in [-0.25, -0.2) is 14.3 Å². The Morgan fingerprint density at radius 2 is 1.50 bits per heavy atom. The number of nitrogens with zero attached hydrogens (tertiary/aromatic N) is 4. The highest BCUT2D eigenvalue weighted by molar-refractivity contribution is 5.99. The van der Waals surface area contributed by atoms with Gasteiger partial charge in [0.15, 0.2) is 0 Å². The molecular weight excluding hydrogens is 647 g/mol. The number of amides is 1. The largest absolute Gasteiger partial charge is 0.443 e. The molecule has 3 heterocycles. The Morgan fingerprint density at radius 1 is 0.885 bits per heavy atom. The van der Waals surface area contributed by atoms with Gasteiger partial charge in [0, 0.05) is 43.6 Å². The highest BCUT2D eigenvalue weighted by Crippen LogP contribution is 2.41. The van der Waals surface area contributed by atoms with Crippen molar-refractivity contribution >= 4 is 23.0 Å². The maximum atomic E-state index is 14.3. The van der Waals surface area contributed by atoms with Crippen LogP contribution in [-0.4, -0.2) is 63.2 Å². The van der Waals surface area contributed by atoms with E-state index in [1.807, 2.05) is 51.9 Å². The van der Waals surface area contributed by atoms with Crippen LogP contribution in [0.1, 0.15) is 116 Å². The number of unbranched alkanes of at least 4 members (excludes halogenated alkanes) is 1. The van der Waals surface area contributed by atoms with Gasteiger partial charge >= 0.3 is 6.09 Å². The average Bonchev–Trinajstić information content (AvgIpc) is 3.39. The van der Waals surface area contributed by atoms with Crippen LogP contribution in [0, 0.1) is 25.7 Å². The summed E-state index contributed by atoms with van der Waals surface area (Å²) >= 11 is 0. The number of carbonyl (C=O) groups is 2. The van der Waals surface area contributed by atoms with Crippen LogP contribution in [0.3, 0.4) is 0 Å². The van der Waals surface area contributed by atoms with Crippen LogP contribution in [0.2, 0.25) is 0 Å². The van der Waals surface area contributed by atoms with E-state index >= 15 is 0 Å². The lowest BCUT2D eigenvalue weighted by Gasteiger charge is -2.34. The monoisotopic (exact) mass is 709 g/mol. The molecule has 0 spiro atoms. The Labute approximate surface area is 312 Å². The maximum absolute atomic E-state index is 14.3. The molecule has 0 bridgehead atoms. The Hall–Kier alpha value is -4.04. The van der Waals surface area contributed by atoms with Crippen molar-refractivity contribution in [3.8, 4) is 11.3 Å². The number of pyridine rings is 2. The van der Waals surface area contributed by atoms with Crippen molar-refractivity contribution in [2.45, 2.75) is 119 Å². The molecule has 3 aromatic heterocycles. The normalized spacial score (nSPS) is 12.9. The van der Waals surface area contributed by atoms with E-state index in [0.29, 0.717) is 37.1 Å². The highest BCUT2D eigenvalue weighted by atomic mass is 16.6. The van der Waals surface area contributed by atoms with Gasteiger partial charge in [0.25, 0.3) is 0 Å². The van der Waals surface area contributed by atoms with Gasteiger partial charge in [-0.2, -0.15) is 0 Å². The SMILES string of the molecule is Cc1cc(C)cc(-c2c(C(C)CNCCCCc3ccncc3)c3cc(C(C)(C)C(=O)N(CC(C)C)CC(C)C)cnc3n2C(=O)OC(C)(C)C)c1. The zero-order valence-corrected chi connectivity index (χ0v) is 33.9. The second-order valence-corrected chi connectivity index (χ2v) is 17.1. The quantitative estimate of drug-likeness (QED) is 0.124. The molecule has 4 aromatic rings. The van der Waals surface area contributed by atoms with Gasteiger partial charge in [0.2, 0.25) is 5.91 Å². The van der Waals surface area contributed by atoms with Crippen molar-refractivity contribution in [2.24, 2.45) is 11.8 Å². The first-order valence-corrected chi connectivity index (χ1v) is 19.1. The molecule has 52 heavy (non-hydrogen) atoms. The van der Waals surface area contributed by atoms with Gasteiger partial charge in [0.1, 0.15) is 11.2 Å². The molecule has 1 aromatic carbocycles. The summed E-state index contributed by atoms with van der Waals surface area (Å²) in [5, 5.41) is 4.57. The van der Waals surface area contributed by atoms with Gasteiger partial charge in [0.05, 0.1) is 11.1 Å². The number of carbonyl (C=O) groups excluding carboxylic acids is 2. The zero-order chi connectivity index (χ0) is 38.4. The summed E-state index contributed by atoms with van der Waals surface area (Å²) in [4.78, 5) is 39.7. The Kier molecular flexibility index (Phi) is 13.5. The first-order chi connectivity index (χ1) is 24.4. The lowest BCUT2D eigenvalue weighted by atomic mass is 9.82. The van der Waals surface area contributed by atoms with Gasteiger partial charge in [-0.15, -0.1) is 0 Å². The van der Waals surface area contributed by atoms with Gasteiger partial charge in [-0.05, 0) is 145 Å². The van der Waals surface area contributed by atoms with Crippen LogP contribution in [-0.2, 0) is 21.4 Å². The van der Waals surface area contributed by atoms with E-state index in [1.54, 1.807) is 10.8 Å². The van der Waals surface area contributed by atoms with E-state index in [4.69, 9.17) is 9.72 Å². The van der Waals surface area contributed by atoms with Gasteiger partial charge in [-0.1, -0.05) is 51.8 Å². The zero-order valence-electron chi connectivity index (χ0n) is 33.9. The molecule has 0 fully saturated rings. The smallest absolute Gasteiger partial charge is 0.420 e. The van der Waals surface area contributed by atoms with E-state index in [-0.39, 0.29) is 11.8 Å². The first-order valence-electron chi connectivity index (χ1n) is 19.1. The second kappa shape index (κ2) is 17.2. The van der Waals surface area contributed by atoms with Crippen molar-refractivity contribution in [3.05, 3.63) is 82.8 Å². The Morgan fingerprint density at radius 3 is 2.08 bits per heavy atom. The summed E-state index contributed by atoms with van der Waals surface area (Å²) in [7, 11) is 0. The number of aryl methyl sites for hydroxylation is 3. The van der Waals surface area contributed by atoms with Gasteiger partial charge < -0.3 is 15.0 Å². The van der Waals surface area contributed by atoms with Gasteiger partial charge in [-0.3, -0.25) is 9.78 Å². The minimum atomic E-state index is -0.841. The van der Waals surface area contributed by atoms with Crippen LogP contribution >= 0.6 is 0 Å². The number of aromatic nitrogens is 3. The highest BCUT2D eigenvalue weighted by Gasteiger charge is 2.37. The molecule has 1 N–H and O–H groups in total. The van der Waals surface area contributed by atoms with E-state index in [2.05, 4.69) is 95.2 Å². The predicted molar refractivity (Wildman–Crippen MR) is 214 cm³/mol. The molecule has 1 unspecified atom stereocenters. The van der Waals surface area contributed by atoms with Crippen molar-refractivity contribution in [2.75, 3.05) is 26.2 Å². The fourth-order valence-electron chi connectivity index (χ4n) is 7.10. The van der Waals surface area contributed by atoms with Crippen molar-refractivity contribution in [3.63, 3.8) is 0 Å². The average molecular weight is 710 g/mol. The first kappa shape index (κ1) is 40.7. The van der Waals surface area contributed by atoms with E-state index in [1.165, 1.54) is 5.56 Å². The molecule has 1 atom stereocenters. The molecule has 282 valence electrons. The van der Waals surface area contributed by atoms with Crippen LogP contribution in [0.5, 0.6) is 0 Å². The number of fused-ring (bicyclic) bond motifs is 1. The molecule has 4 rings (SSSR count). The Bertz CT molecular complexity index is 1790. The number of hydrogen-bond donors (Lipinski definition) is 1. The molecule has 0 aliphatic heterocycles. The second-order valence-electron chi connectivity index (χ2n) is 17.1. The molecule has 8 heteroatoms. The van der Waals surface area contributed by atoms with Crippen molar-refractivity contribution < 1.29 is 14.3 Å². The number of benzene rings is 1. The van der Waals surface area contributed by atoms with Crippen LogP contribution < -0.4 is 5.32 Å². The fraction of sp³-hybridized carbons (Fsp3) is 0.545. The third kappa shape index (κ3) is 10.3. The molecule has 0 aliphatic carbocycles. The van der Waals surface area contributed by atoms with Crippen molar-refractivity contribution in [1.82, 2.24) is 24.8 Å². The predicted octanol–water partition coefficient (Wildman–Crippen LogP) is 9.63. The standard InChI is InChI=1S/C44H63N5O3/c1-29(2)27-48(28-30(3)4)41(50)44(11,12)36-24-37-38(33(7)25-46-18-14-13-15-34-16-19-45-20-17-34)39(35-22-31(5)21-32(6)23-35)49(40(37)47-26-36)42(51)52-43(8,9)10/h16-17,19-24,26,29-30,33,46H,13-15,18,25,27-28H2,1-12H3. The summed E-state index contributed by atoms with van der Waals surface area (Å²) in [6, 6.07) is 12.7. The Balaban J connectivity index is 1.83. The summed E-state index contributed by atoms with van der Waals surface area (Å²) < 4.78 is 7.72. The molecule has 0 aliphatic rings. The summed E-state index contributed by atoms with van der Waals surface area (Å²) in [6.07, 6.45) is 8.16.